The van der Waals surface area contributed by atoms with Crippen molar-refractivity contribution in [3.05, 3.63) is 42.1 Å². The van der Waals surface area contributed by atoms with E-state index in [0.717, 1.165) is 16.5 Å². The Morgan fingerprint density at radius 3 is 2.70 bits per heavy atom. The number of hydrogen-bond donors (Lipinski definition) is 1. The van der Waals surface area contributed by atoms with Crippen LogP contribution in [-0.4, -0.2) is 23.6 Å². The van der Waals surface area contributed by atoms with Crippen molar-refractivity contribution in [1.82, 2.24) is 4.98 Å². The van der Waals surface area contributed by atoms with E-state index in [1.165, 1.54) is 7.11 Å². The minimum absolute atomic E-state index is 0.122. The highest BCUT2D eigenvalue weighted by molar-refractivity contribution is 5.83. The Bertz CT molecular complexity index is 612. The molecule has 0 saturated heterocycles. The number of carbonyl (C=O) groups excluding carboxylic acids is 1. The van der Waals surface area contributed by atoms with Crippen molar-refractivity contribution >= 4 is 16.9 Å². The van der Waals surface area contributed by atoms with Gasteiger partial charge in [-0.05, 0) is 31.5 Å². The number of nitrogens with two attached hydrogens (primary N) is 1. The molecule has 0 fully saturated rings. The lowest BCUT2D eigenvalue weighted by atomic mass is 9.79. The van der Waals surface area contributed by atoms with E-state index in [2.05, 4.69) is 4.98 Å². The Labute approximate surface area is 119 Å². The first-order chi connectivity index (χ1) is 9.43. The molecule has 1 heterocycles. The summed E-state index contributed by atoms with van der Waals surface area (Å²) in [5.41, 5.74) is 7.69. The molecule has 106 valence electrons. The van der Waals surface area contributed by atoms with Crippen LogP contribution in [0.2, 0.25) is 0 Å². The van der Waals surface area contributed by atoms with Crippen molar-refractivity contribution in [2.24, 2.45) is 5.73 Å². The van der Waals surface area contributed by atoms with Crippen LogP contribution in [0.25, 0.3) is 10.9 Å². The molecule has 1 unspecified atom stereocenters. The zero-order chi connectivity index (χ0) is 14.8. The Morgan fingerprint density at radius 1 is 1.35 bits per heavy atom. The van der Waals surface area contributed by atoms with Crippen LogP contribution in [0, 0.1) is 0 Å². The molecule has 0 amide bonds. The molecule has 0 aliphatic carbocycles. The first kappa shape index (κ1) is 14.5. The molecule has 0 saturated carbocycles. The molecule has 2 aromatic rings. The van der Waals surface area contributed by atoms with Crippen molar-refractivity contribution in [3.8, 4) is 0 Å². The number of methoxy groups -OCH3 is 1. The fraction of sp³-hybridized carbons (Fsp3) is 0.375. The molecule has 2 rings (SSSR count). The summed E-state index contributed by atoms with van der Waals surface area (Å²) in [6, 6.07) is 9.81. The first-order valence-corrected chi connectivity index (χ1v) is 6.63. The molecule has 4 heteroatoms. The minimum atomic E-state index is -0.529. The highest BCUT2D eigenvalue weighted by atomic mass is 16.5. The number of nitrogens with zero attached hydrogens (tertiary/aromatic N) is 1. The molecule has 1 atom stereocenters. The highest BCUT2D eigenvalue weighted by Gasteiger charge is 2.30. The quantitative estimate of drug-likeness (QED) is 0.869. The minimum Gasteiger partial charge on any atom is -0.469 e. The first-order valence-electron chi connectivity index (χ1n) is 6.63. The van der Waals surface area contributed by atoms with Crippen molar-refractivity contribution in [2.75, 3.05) is 7.11 Å². The molecule has 0 aliphatic heterocycles. The van der Waals surface area contributed by atoms with Crippen molar-refractivity contribution in [1.29, 1.82) is 0 Å². The third-order valence-corrected chi connectivity index (χ3v) is 3.55. The number of ether oxygens (including phenoxy) is 1. The van der Waals surface area contributed by atoms with Gasteiger partial charge in [0.2, 0.25) is 0 Å². The lowest BCUT2D eigenvalue weighted by molar-refractivity contribution is -0.141. The molecule has 0 radical (unpaired) electrons. The zero-order valence-electron chi connectivity index (χ0n) is 12.1. The Morgan fingerprint density at radius 2 is 2.05 bits per heavy atom. The number of para-hydroxylation sites is 1. The topological polar surface area (TPSA) is 65.2 Å². The summed E-state index contributed by atoms with van der Waals surface area (Å²) >= 11 is 0. The summed E-state index contributed by atoms with van der Waals surface area (Å²) in [7, 11) is 1.40. The summed E-state index contributed by atoms with van der Waals surface area (Å²) in [5, 5.41) is 1.03. The van der Waals surface area contributed by atoms with E-state index in [4.69, 9.17) is 10.5 Å². The molecule has 4 nitrogen and oxygen atoms in total. The zero-order valence-corrected chi connectivity index (χ0v) is 12.1. The van der Waals surface area contributed by atoms with Gasteiger partial charge in [0, 0.05) is 23.0 Å². The van der Waals surface area contributed by atoms with Gasteiger partial charge in [-0.1, -0.05) is 18.2 Å². The van der Waals surface area contributed by atoms with Crippen LogP contribution < -0.4 is 5.73 Å². The Balaban J connectivity index is 2.54. The molecule has 0 aliphatic rings. The highest BCUT2D eigenvalue weighted by Crippen LogP contribution is 2.34. The second kappa shape index (κ2) is 5.59. The fourth-order valence-corrected chi connectivity index (χ4v) is 2.45. The van der Waals surface area contributed by atoms with Crippen molar-refractivity contribution in [3.63, 3.8) is 0 Å². The van der Waals surface area contributed by atoms with Gasteiger partial charge in [0.15, 0.2) is 0 Å². The molecule has 0 spiro atoms. The van der Waals surface area contributed by atoms with Gasteiger partial charge in [0.05, 0.1) is 19.0 Å². The number of aromatic nitrogens is 1. The second-order valence-corrected chi connectivity index (χ2v) is 5.57. The maximum Gasteiger partial charge on any atom is 0.306 e. The maximum atomic E-state index is 11.7. The molecule has 1 aromatic heterocycles. The van der Waals surface area contributed by atoms with Crippen molar-refractivity contribution < 1.29 is 9.53 Å². The van der Waals surface area contributed by atoms with Gasteiger partial charge in [-0.2, -0.15) is 0 Å². The van der Waals surface area contributed by atoms with E-state index in [1.54, 1.807) is 6.20 Å². The van der Waals surface area contributed by atoms with Crippen LogP contribution in [0.4, 0.5) is 0 Å². The summed E-state index contributed by atoms with van der Waals surface area (Å²) in [5.74, 6) is -0.378. The third kappa shape index (κ3) is 2.96. The molecular weight excluding hydrogens is 252 g/mol. The molecule has 0 bridgehead atoms. The van der Waals surface area contributed by atoms with E-state index in [9.17, 15) is 4.79 Å². The lowest BCUT2D eigenvalue weighted by Crippen LogP contribution is -2.40. The van der Waals surface area contributed by atoms with Crippen LogP contribution in [-0.2, 0) is 9.53 Å². The summed E-state index contributed by atoms with van der Waals surface area (Å²) in [6.07, 6.45) is 2.02. The van der Waals surface area contributed by atoms with E-state index in [-0.39, 0.29) is 18.3 Å². The van der Waals surface area contributed by atoms with Crippen LogP contribution in [0.15, 0.2) is 36.5 Å². The largest absolute Gasteiger partial charge is 0.469 e. The predicted molar refractivity (Wildman–Crippen MR) is 79.4 cm³/mol. The number of carbonyl (C=O) groups is 1. The third-order valence-electron chi connectivity index (χ3n) is 3.55. The number of esters is 1. The van der Waals surface area contributed by atoms with Gasteiger partial charge in [-0.25, -0.2) is 0 Å². The number of hydrogen-bond acceptors (Lipinski definition) is 4. The van der Waals surface area contributed by atoms with Gasteiger partial charge < -0.3 is 10.5 Å². The average molecular weight is 272 g/mol. The molecule has 2 N–H and O–H groups in total. The fourth-order valence-electron chi connectivity index (χ4n) is 2.45. The second-order valence-electron chi connectivity index (χ2n) is 5.57. The van der Waals surface area contributed by atoms with Gasteiger partial charge >= 0.3 is 5.97 Å². The summed E-state index contributed by atoms with van der Waals surface area (Å²) < 4.78 is 4.80. The van der Waals surface area contributed by atoms with Gasteiger partial charge in [-0.15, -0.1) is 0 Å². The lowest BCUT2D eigenvalue weighted by Gasteiger charge is -2.31. The average Bonchev–Trinajstić information content (AvgIpc) is 2.43. The van der Waals surface area contributed by atoms with Crippen LogP contribution in [0.1, 0.15) is 31.7 Å². The van der Waals surface area contributed by atoms with Gasteiger partial charge in [0.25, 0.3) is 0 Å². The predicted octanol–water partition coefficient (Wildman–Crippen LogP) is 2.62. The number of fused-ring (bicyclic) bond motifs is 1. The van der Waals surface area contributed by atoms with Gasteiger partial charge in [-0.3, -0.25) is 9.78 Å². The Kier molecular flexibility index (Phi) is 4.04. The van der Waals surface area contributed by atoms with Crippen molar-refractivity contribution in [2.45, 2.75) is 31.7 Å². The SMILES string of the molecule is COC(=O)CC(c1ccnc2ccccc12)C(C)(C)N. The normalized spacial score (nSPS) is 13.2. The van der Waals surface area contributed by atoms with Crippen LogP contribution in [0.3, 0.4) is 0 Å². The molecule has 1 aromatic carbocycles. The number of benzene rings is 1. The van der Waals surface area contributed by atoms with E-state index in [0.29, 0.717) is 0 Å². The number of pyridine rings is 1. The maximum absolute atomic E-state index is 11.7. The van der Waals surface area contributed by atoms with E-state index in [1.807, 2.05) is 44.2 Å². The standard InChI is InChI=1S/C16H20N2O2/c1-16(2,17)13(10-15(19)20-3)11-8-9-18-14-7-5-4-6-12(11)14/h4-9,13H,10,17H2,1-3H3. The van der Waals surface area contributed by atoms with E-state index >= 15 is 0 Å². The summed E-state index contributed by atoms with van der Waals surface area (Å²) in [6.45, 7) is 3.85. The smallest absolute Gasteiger partial charge is 0.306 e. The van der Waals surface area contributed by atoms with Crippen LogP contribution in [0.5, 0.6) is 0 Å². The summed E-state index contributed by atoms with van der Waals surface area (Å²) in [4.78, 5) is 16.0. The monoisotopic (exact) mass is 272 g/mol. The molecular formula is C16H20N2O2. The van der Waals surface area contributed by atoms with Gasteiger partial charge in [0.1, 0.15) is 0 Å². The number of rotatable bonds is 4. The van der Waals surface area contributed by atoms with E-state index < -0.39 is 5.54 Å². The van der Waals surface area contributed by atoms with Crippen LogP contribution >= 0.6 is 0 Å². The molecule has 20 heavy (non-hydrogen) atoms. The Hall–Kier alpha value is -1.94.